The van der Waals surface area contributed by atoms with Crippen molar-refractivity contribution < 1.29 is 4.74 Å². The molecule has 0 heterocycles. The molecule has 0 bridgehead atoms. The molecule has 0 amide bonds. The number of ether oxygens (including phenoxy) is 1. The average molecular weight is 265 g/mol. The van der Waals surface area contributed by atoms with E-state index in [0.29, 0.717) is 0 Å². The van der Waals surface area contributed by atoms with Gasteiger partial charge in [-0.3, -0.25) is 0 Å². The summed E-state index contributed by atoms with van der Waals surface area (Å²) >= 11 is 6.72. The topological polar surface area (TPSA) is 9.23 Å². The van der Waals surface area contributed by atoms with Gasteiger partial charge in [-0.1, -0.05) is 18.2 Å². The molecule has 0 aromatic heterocycles. The van der Waals surface area contributed by atoms with Crippen LogP contribution in [0.3, 0.4) is 0 Å². The van der Waals surface area contributed by atoms with Gasteiger partial charge in [0.05, 0.1) is 7.11 Å². The van der Waals surface area contributed by atoms with Crippen LogP contribution in [0.25, 0.3) is 0 Å². The molecule has 0 aliphatic heterocycles. The van der Waals surface area contributed by atoms with Crippen molar-refractivity contribution in [3.8, 4) is 5.75 Å². The van der Waals surface area contributed by atoms with Crippen LogP contribution in [-0.2, 0) is 6.42 Å². The largest absolute Gasteiger partial charge is 0.496 e. The second kappa shape index (κ2) is 5.13. The Morgan fingerprint density at radius 2 is 1.78 bits per heavy atom. The SMILES string of the molecule is COc1ccccc1CC(Cl)C(C1CC1)C1CC1. The number of benzene rings is 1. The van der Waals surface area contributed by atoms with Gasteiger partial charge in [0.2, 0.25) is 0 Å². The lowest BCUT2D eigenvalue weighted by molar-refractivity contribution is 0.375. The lowest BCUT2D eigenvalue weighted by atomic mass is 9.90. The van der Waals surface area contributed by atoms with Gasteiger partial charge in [0.25, 0.3) is 0 Å². The Bertz CT molecular complexity index is 397. The molecule has 0 N–H and O–H groups in total. The van der Waals surface area contributed by atoms with E-state index in [-0.39, 0.29) is 5.38 Å². The van der Waals surface area contributed by atoms with Gasteiger partial charge in [-0.15, -0.1) is 11.6 Å². The van der Waals surface area contributed by atoms with E-state index < -0.39 is 0 Å². The number of hydrogen-bond acceptors (Lipinski definition) is 1. The summed E-state index contributed by atoms with van der Waals surface area (Å²) < 4.78 is 5.42. The smallest absolute Gasteiger partial charge is 0.122 e. The number of halogens is 1. The third kappa shape index (κ3) is 2.66. The summed E-state index contributed by atoms with van der Waals surface area (Å²) in [4.78, 5) is 0. The van der Waals surface area contributed by atoms with Crippen LogP contribution in [0.4, 0.5) is 0 Å². The van der Waals surface area contributed by atoms with Crippen molar-refractivity contribution >= 4 is 11.6 Å². The van der Waals surface area contributed by atoms with Crippen LogP contribution in [-0.4, -0.2) is 12.5 Å². The summed E-state index contributed by atoms with van der Waals surface area (Å²) in [6.45, 7) is 0. The van der Waals surface area contributed by atoms with Crippen LogP contribution in [0.1, 0.15) is 31.2 Å². The number of methoxy groups -OCH3 is 1. The van der Waals surface area contributed by atoms with E-state index in [9.17, 15) is 0 Å². The zero-order valence-corrected chi connectivity index (χ0v) is 11.7. The molecule has 1 atom stereocenters. The first-order valence-corrected chi connectivity index (χ1v) is 7.49. The average Bonchev–Trinajstić information content (AvgIpc) is 3.24. The Morgan fingerprint density at radius 3 is 2.33 bits per heavy atom. The summed E-state index contributed by atoms with van der Waals surface area (Å²) in [5.74, 6) is 3.55. The molecule has 1 nitrogen and oxygen atoms in total. The van der Waals surface area contributed by atoms with Crippen LogP contribution in [0.2, 0.25) is 0 Å². The van der Waals surface area contributed by atoms with Crippen molar-refractivity contribution in [2.24, 2.45) is 17.8 Å². The molecular weight excluding hydrogens is 244 g/mol. The lowest BCUT2D eigenvalue weighted by Gasteiger charge is -2.22. The lowest BCUT2D eigenvalue weighted by Crippen LogP contribution is -2.21. The minimum Gasteiger partial charge on any atom is -0.496 e. The highest BCUT2D eigenvalue weighted by Gasteiger charge is 2.44. The minimum atomic E-state index is 0.279. The van der Waals surface area contributed by atoms with Crippen molar-refractivity contribution in [2.75, 3.05) is 7.11 Å². The molecule has 3 rings (SSSR count). The highest BCUT2D eigenvalue weighted by molar-refractivity contribution is 6.21. The zero-order valence-electron chi connectivity index (χ0n) is 10.9. The Balaban J connectivity index is 1.70. The second-order valence-electron chi connectivity index (χ2n) is 5.78. The fraction of sp³-hybridized carbons (Fsp3) is 0.625. The molecule has 2 saturated carbocycles. The van der Waals surface area contributed by atoms with Crippen LogP contribution >= 0.6 is 11.6 Å². The van der Waals surface area contributed by atoms with E-state index in [1.807, 2.05) is 12.1 Å². The van der Waals surface area contributed by atoms with Crippen molar-refractivity contribution in [3.63, 3.8) is 0 Å². The van der Waals surface area contributed by atoms with E-state index in [4.69, 9.17) is 16.3 Å². The maximum atomic E-state index is 6.72. The van der Waals surface area contributed by atoms with Gasteiger partial charge in [0, 0.05) is 5.38 Å². The summed E-state index contributed by atoms with van der Waals surface area (Å²) in [5.41, 5.74) is 1.26. The zero-order chi connectivity index (χ0) is 12.5. The predicted octanol–water partition coefficient (Wildman–Crippen LogP) is 4.28. The van der Waals surface area contributed by atoms with E-state index in [1.54, 1.807) is 7.11 Å². The van der Waals surface area contributed by atoms with Crippen LogP contribution in [0.5, 0.6) is 5.75 Å². The standard InChI is InChI=1S/C16H21ClO/c1-18-15-5-3-2-4-13(15)10-14(17)16(11-6-7-11)12-8-9-12/h2-5,11-12,14,16H,6-10H2,1H3. The fourth-order valence-corrected chi connectivity index (χ4v) is 3.73. The van der Waals surface area contributed by atoms with Crippen molar-refractivity contribution in [1.29, 1.82) is 0 Å². The number of hydrogen-bond donors (Lipinski definition) is 0. The molecule has 1 aromatic carbocycles. The molecule has 0 spiro atoms. The van der Waals surface area contributed by atoms with Gasteiger partial charge >= 0.3 is 0 Å². The molecule has 98 valence electrons. The second-order valence-corrected chi connectivity index (χ2v) is 6.34. The summed E-state index contributed by atoms with van der Waals surface area (Å²) in [6, 6.07) is 8.27. The highest BCUT2D eigenvalue weighted by Crippen LogP contribution is 2.52. The molecule has 2 aliphatic rings. The molecule has 2 fully saturated rings. The van der Waals surface area contributed by atoms with Gasteiger partial charge in [-0.2, -0.15) is 0 Å². The summed E-state index contributed by atoms with van der Waals surface area (Å²) in [7, 11) is 1.74. The first-order chi connectivity index (χ1) is 8.79. The van der Waals surface area contributed by atoms with Crippen LogP contribution in [0.15, 0.2) is 24.3 Å². The Kier molecular flexibility index (Phi) is 3.52. The normalized spacial score (nSPS) is 21.1. The van der Waals surface area contributed by atoms with Crippen LogP contribution in [0, 0.1) is 17.8 Å². The molecule has 0 saturated heterocycles. The highest BCUT2D eigenvalue weighted by atomic mass is 35.5. The van der Waals surface area contributed by atoms with Crippen LogP contribution < -0.4 is 4.74 Å². The quantitative estimate of drug-likeness (QED) is 0.697. The third-order valence-electron chi connectivity index (χ3n) is 4.36. The van der Waals surface area contributed by atoms with Crippen molar-refractivity contribution in [3.05, 3.63) is 29.8 Å². The predicted molar refractivity (Wildman–Crippen MR) is 75.3 cm³/mol. The number of para-hydroxylation sites is 1. The maximum Gasteiger partial charge on any atom is 0.122 e. The first kappa shape index (κ1) is 12.3. The van der Waals surface area contributed by atoms with Gasteiger partial charge < -0.3 is 4.74 Å². The molecule has 18 heavy (non-hydrogen) atoms. The summed E-state index contributed by atoms with van der Waals surface area (Å²) in [5, 5.41) is 0.279. The maximum absolute atomic E-state index is 6.72. The first-order valence-electron chi connectivity index (χ1n) is 7.05. The van der Waals surface area contributed by atoms with Gasteiger partial charge in [-0.25, -0.2) is 0 Å². The fourth-order valence-electron chi connectivity index (χ4n) is 3.16. The van der Waals surface area contributed by atoms with E-state index >= 15 is 0 Å². The number of alkyl halides is 1. The van der Waals surface area contributed by atoms with E-state index in [0.717, 1.165) is 29.9 Å². The molecular formula is C16H21ClO. The molecule has 2 heteroatoms. The van der Waals surface area contributed by atoms with Gasteiger partial charge in [0.15, 0.2) is 0 Å². The Hall–Kier alpha value is -0.690. The molecule has 1 aromatic rings. The monoisotopic (exact) mass is 264 g/mol. The van der Waals surface area contributed by atoms with Gasteiger partial charge in [0.1, 0.15) is 5.75 Å². The third-order valence-corrected chi connectivity index (χ3v) is 4.80. The summed E-state index contributed by atoms with van der Waals surface area (Å²) in [6.07, 6.45) is 6.54. The van der Waals surface area contributed by atoms with E-state index in [2.05, 4.69) is 12.1 Å². The number of rotatable bonds is 6. The molecule has 0 radical (unpaired) electrons. The molecule has 2 aliphatic carbocycles. The minimum absolute atomic E-state index is 0.279. The Labute approximate surface area is 114 Å². The Morgan fingerprint density at radius 1 is 1.17 bits per heavy atom. The van der Waals surface area contributed by atoms with Gasteiger partial charge in [-0.05, 0) is 61.5 Å². The molecule has 1 unspecified atom stereocenters. The van der Waals surface area contributed by atoms with Crippen molar-refractivity contribution in [1.82, 2.24) is 0 Å². The van der Waals surface area contributed by atoms with Crippen molar-refractivity contribution in [2.45, 2.75) is 37.5 Å². The van der Waals surface area contributed by atoms with E-state index in [1.165, 1.54) is 31.2 Å².